The molecule has 21 heavy (non-hydrogen) atoms. The Labute approximate surface area is 128 Å². The highest BCUT2D eigenvalue weighted by Crippen LogP contribution is 2.19. The van der Waals surface area contributed by atoms with Crippen LogP contribution in [0.3, 0.4) is 0 Å². The molecule has 2 N–H and O–H groups in total. The summed E-state index contributed by atoms with van der Waals surface area (Å²) in [5.41, 5.74) is 2.14. The van der Waals surface area contributed by atoms with E-state index in [0.717, 1.165) is 23.0 Å². The van der Waals surface area contributed by atoms with Crippen molar-refractivity contribution in [2.75, 3.05) is 11.1 Å². The van der Waals surface area contributed by atoms with Crippen LogP contribution >= 0.6 is 11.8 Å². The number of amides is 1. The maximum atomic E-state index is 11.8. The van der Waals surface area contributed by atoms with Crippen molar-refractivity contribution < 1.29 is 9.32 Å². The molecule has 2 aromatic rings. The number of carbonyl (C=O) groups is 1. The molecule has 0 saturated heterocycles. The highest BCUT2D eigenvalue weighted by Gasteiger charge is 2.11. The monoisotopic (exact) mass is 308 g/mol. The summed E-state index contributed by atoms with van der Waals surface area (Å²) in [6.07, 6.45) is 0.938. The molecule has 0 unspecified atom stereocenters. The number of hydrogen-bond donors (Lipinski definition) is 2. The molecule has 0 aliphatic heterocycles. The topological polar surface area (TPSA) is 83.8 Å². The lowest BCUT2D eigenvalue weighted by Crippen LogP contribution is -2.14. The Morgan fingerprint density at radius 2 is 2.24 bits per heavy atom. The van der Waals surface area contributed by atoms with Gasteiger partial charge in [-0.3, -0.25) is 4.79 Å². The second kappa shape index (κ2) is 6.80. The minimum Gasteiger partial charge on any atom is -0.360 e. The SMILES string of the molecule is Cc1cc(NC(=O)CSc2nc(CC(C)C)c(C)[nH]2)no1. The van der Waals surface area contributed by atoms with E-state index in [2.05, 4.69) is 34.3 Å². The second-order valence-electron chi connectivity index (χ2n) is 5.37. The van der Waals surface area contributed by atoms with Gasteiger partial charge in [0.1, 0.15) is 5.76 Å². The number of aromatic nitrogens is 3. The Kier molecular flexibility index (Phi) is 5.06. The first-order valence-electron chi connectivity index (χ1n) is 6.85. The molecule has 0 aromatic carbocycles. The molecule has 114 valence electrons. The molecule has 7 heteroatoms. The lowest BCUT2D eigenvalue weighted by Gasteiger charge is -2.01. The molecular formula is C14H20N4O2S. The average Bonchev–Trinajstić information content (AvgIpc) is 2.94. The van der Waals surface area contributed by atoms with Crippen LogP contribution in [0, 0.1) is 19.8 Å². The van der Waals surface area contributed by atoms with Gasteiger partial charge in [-0.25, -0.2) is 4.98 Å². The Morgan fingerprint density at radius 1 is 1.48 bits per heavy atom. The molecule has 0 atom stereocenters. The average molecular weight is 308 g/mol. The number of hydrogen-bond acceptors (Lipinski definition) is 5. The third-order valence-electron chi connectivity index (χ3n) is 2.80. The van der Waals surface area contributed by atoms with Crippen molar-refractivity contribution in [2.24, 2.45) is 5.92 Å². The summed E-state index contributed by atoms with van der Waals surface area (Å²) in [5, 5.41) is 7.18. The Bertz CT molecular complexity index is 618. The zero-order valence-corrected chi connectivity index (χ0v) is 13.5. The number of carbonyl (C=O) groups excluding carboxylic acids is 1. The first-order valence-corrected chi connectivity index (χ1v) is 7.84. The van der Waals surface area contributed by atoms with Gasteiger partial charge in [0.05, 0.1) is 11.4 Å². The van der Waals surface area contributed by atoms with E-state index < -0.39 is 0 Å². The van der Waals surface area contributed by atoms with Crippen molar-refractivity contribution in [3.8, 4) is 0 Å². The molecule has 0 aliphatic carbocycles. The molecule has 0 saturated carbocycles. The van der Waals surface area contributed by atoms with Crippen molar-refractivity contribution in [2.45, 2.75) is 39.3 Å². The van der Waals surface area contributed by atoms with Crippen LogP contribution in [0.2, 0.25) is 0 Å². The standard InChI is InChI=1S/C14H20N4O2S/c1-8(2)5-11-10(4)15-14(16-11)21-7-13(19)17-12-6-9(3)20-18-12/h6,8H,5,7H2,1-4H3,(H,15,16)(H,17,18,19). The van der Waals surface area contributed by atoms with Crippen molar-refractivity contribution in [3.05, 3.63) is 23.2 Å². The summed E-state index contributed by atoms with van der Waals surface area (Å²) in [6, 6.07) is 1.68. The highest BCUT2D eigenvalue weighted by atomic mass is 32.2. The number of imidazole rings is 1. The zero-order chi connectivity index (χ0) is 15.4. The summed E-state index contributed by atoms with van der Waals surface area (Å²) >= 11 is 1.38. The smallest absolute Gasteiger partial charge is 0.236 e. The van der Waals surface area contributed by atoms with Gasteiger partial charge < -0.3 is 14.8 Å². The normalized spacial score (nSPS) is 11.1. The van der Waals surface area contributed by atoms with E-state index in [1.54, 1.807) is 13.0 Å². The number of aromatic amines is 1. The molecule has 1 amide bonds. The summed E-state index contributed by atoms with van der Waals surface area (Å²) < 4.78 is 4.89. The molecule has 0 aliphatic rings. The molecule has 6 nitrogen and oxygen atoms in total. The fourth-order valence-electron chi connectivity index (χ4n) is 1.86. The van der Waals surface area contributed by atoms with Gasteiger partial charge in [-0.2, -0.15) is 0 Å². The van der Waals surface area contributed by atoms with E-state index in [4.69, 9.17) is 4.52 Å². The lowest BCUT2D eigenvalue weighted by molar-refractivity contribution is -0.113. The van der Waals surface area contributed by atoms with E-state index >= 15 is 0 Å². The van der Waals surface area contributed by atoms with Crippen LogP contribution in [0.15, 0.2) is 15.7 Å². The second-order valence-corrected chi connectivity index (χ2v) is 6.34. The number of nitrogens with one attached hydrogen (secondary N) is 2. The Balaban J connectivity index is 1.86. The zero-order valence-electron chi connectivity index (χ0n) is 12.7. The molecule has 0 spiro atoms. The van der Waals surface area contributed by atoms with Gasteiger partial charge in [-0.1, -0.05) is 30.8 Å². The predicted octanol–water partition coefficient (Wildman–Crippen LogP) is 2.94. The molecule has 0 bridgehead atoms. The van der Waals surface area contributed by atoms with Gasteiger partial charge >= 0.3 is 0 Å². The highest BCUT2D eigenvalue weighted by molar-refractivity contribution is 7.99. The van der Waals surface area contributed by atoms with E-state index in [-0.39, 0.29) is 11.7 Å². The lowest BCUT2D eigenvalue weighted by atomic mass is 10.1. The maximum Gasteiger partial charge on any atom is 0.236 e. The number of aryl methyl sites for hydroxylation is 2. The van der Waals surface area contributed by atoms with Gasteiger partial charge in [0, 0.05) is 11.8 Å². The van der Waals surface area contributed by atoms with Crippen LogP contribution in [0.4, 0.5) is 5.82 Å². The largest absolute Gasteiger partial charge is 0.360 e. The fourth-order valence-corrected chi connectivity index (χ4v) is 2.60. The molecule has 0 fully saturated rings. The molecule has 2 heterocycles. The molecule has 2 rings (SSSR count). The first kappa shape index (κ1) is 15.6. The van der Waals surface area contributed by atoms with E-state index in [1.165, 1.54) is 11.8 Å². The Morgan fingerprint density at radius 3 is 2.86 bits per heavy atom. The third kappa shape index (κ3) is 4.63. The summed E-state index contributed by atoms with van der Waals surface area (Å²) in [5.74, 6) is 1.81. The molecule has 2 aromatic heterocycles. The van der Waals surface area contributed by atoms with E-state index in [0.29, 0.717) is 17.5 Å². The number of nitrogens with zero attached hydrogens (tertiary/aromatic N) is 2. The third-order valence-corrected chi connectivity index (χ3v) is 3.67. The summed E-state index contributed by atoms with van der Waals surface area (Å²) in [6.45, 7) is 8.11. The predicted molar refractivity (Wildman–Crippen MR) is 82.5 cm³/mol. The van der Waals surface area contributed by atoms with Crippen LogP contribution in [0.1, 0.15) is 31.0 Å². The van der Waals surface area contributed by atoms with Crippen LogP contribution < -0.4 is 5.32 Å². The summed E-state index contributed by atoms with van der Waals surface area (Å²) in [7, 11) is 0. The van der Waals surface area contributed by atoms with E-state index in [9.17, 15) is 4.79 Å². The number of H-pyrrole nitrogens is 1. The molecular weight excluding hydrogens is 288 g/mol. The fraction of sp³-hybridized carbons (Fsp3) is 0.500. The van der Waals surface area contributed by atoms with Gasteiger partial charge in [-0.15, -0.1) is 0 Å². The molecule has 0 radical (unpaired) electrons. The number of anilines is 1. The number of thioether (sulfide) groups is 1. The minimum absolute atomic E-state index is 0.132. The van der Waals surface area contributed by atoms with Crippen LogP contribution in [-0.4, -0.2) is 26.8 Å². The van der Waals surface area contributed by atoms with Crippen LogP contribution in [-0.2, 0) is 11.2 Å². The van der Waals surface area contributed by atoms with Gasteiger partial charge in [-0.05, 0) is 26.2 Å². The van der Waals surface area contributed by atoms with Gasteiger partial charge in [0.15, 0.2) is 11.0 Å². The van der Waals surface area contributed by atoms with Crippen LogP contribution in [0.25, 0.3) is 0 Å². The van der Waals surface area contributed by atoms with Crippen molar-refractivity contribution in [1.82, 2.24) is 15.1 Å². The van der Waals surface area contributed by atoms with Gasteiger partial charge in [0.2, 0.25) is 5.91 Å². The van der Waals surface area contributed by atoms with Crippen LogP contribution in [0.5, 0.6) is 0 Å². The van der Waals surface area contributed by atoms with Gasteiger partial charge in [0.25, 0.3) is 0 Å². The maximum absolute atomic E-state index is 11.8. The summed E-state index contributed by atoms with van der Waals surface area (Å²) in [4.78, 5) is 19.5. The van der Waals surface area contributed by atoms with Crippen molar-refractivity contribution in [1.29, 1.82) is 0 Å². The Hall–Kier alpha value is -1.76. The quantitative estimate of drug-likeness (QED) is 0.802. The number of rotatable bonds is 6. The van der Waals surface area contributed by atoms with E-state index in [1.807, 2.05) is 6.92 Å². The van der Waals surface area contributed by atoms with Crippen molar-refractivity contribution >= 4 is 23.5 Å². The van der Waals surface area contributed by atoms with Crippen molar-refractivity contribution in [3.63, 3.8) is 0 Å². The minimum atomic E-state index is -0.132. The first-order chi connectivity index (χ1) is 9.94.